The number of alkyl halides is 3. The van der Waals surface area contributed by atoms with E-state index in [1.54, 1.807) is 6.92 Å². The molecule has 2 aromatic carbocycles. The van der Waals surface area contributed by atoms with E-state index >= 15 is 0 Å². The van der Waals surface area contributed by atoms with Crippen LogP contribution in [0.25, 0.3) is 0 Å². The summed E-state index contributed by atoms with van der Waals surface area (Å²) in [6.07, 6.45) is -5.05. The van der Waals surface area contributed by atoms with Crippen LogP contribution >= 0.6 is 0 Å². The zero-order valence-electron chi connectivity index (χ0n) is 20.4. The molecule has 0 saturated heterocycles. The summed E-state index contributed by atoms with van der Waals surface area (Å²) in [7, 11) is 0. The number of carbonyl (C=O) groups is 3. The number of benzene rings is 2. The number of carbonyl (C=O) groups excluding carboxylic acids is 3. The molecule has 0 radical (unpaired) electrons. The third-order valence-electron chi connectivity index (χ3n) is 5.08. The standard InChI is InChI=1S/C25H29F3N4O5/c1-3-36-23(35)5-4-12-37-20-11-8-17(13-19(20)25(26,27)28)15(2)31-21(33)14-22(34)32-18-9-6-16(7-10-18)24(29)30/h6-11,13,15H,3-5,12,14H2,1-2H3,(H3,29,30)(H,31,33)(H,32,34). The predicted octanol–water partition coefficient (Wildman–Crippen LogP) is 3.92. The fraction of sp³-hybridized carbons (Fsp3) is 0.360. The summed E-state index contributed by atoms with van der Waals surface area (Å²) >= 11 is 0. The quantitative estimate of drug-likeness (QED) is 0.109. The highest BCUT2D eigenvalue weighted by Gasteiger charge is 2.35. The van der Waals surface area contributed by atoms with Gasteiger partial charge in [-0.1, -0.05) is 6.07 Å². The SMILES string of the molecule is CCOC(=O)CCCOc1ccc(C(C)NC(=O)CC(=O)Nc2ccc(C(=N)N)cc2)cc1C(F)(F)F. The van der Waals surface area contributed by atoms with Crippen LogP contribution in [-0.4, -0.2) is 36.8 Å². The van der Waals surface area contributed by atoms with Crippen LogP contribution in [0.15, 0.2) is 42.5 Å². The van der Waals surface area contributed by atoms with Gasteiger partial charge in [0.25, 0.3) is 0 Å². The van der Waals surface area contributed by atoms with Crippen molar-refractivity contribution in [3.8, 4) is 5.75 Å². The lowest BCUT2D eigenvalue weighted by Crippen LogP contribution is -2.30. The third-order valence-corrected chi connectivity index (χ3v) is 5.08. The highest BCUT2D eigenvalue weighted by Crippen LogP contribution is 2.38. The predicted molar refractivity (Wildman–Crippen MR) is 130 cm³/mol. The van der Waals surface area contributed by atoms with Gasteiger partial charge in [0.05, 0.1) is 24.8 Å². The number of anilines is 1. The number of nitrogens with one attached hydrogen (secondary N) is 3. The number of rotatable bonds is 12. The van der Waals surface area contributed by atoms with E-state index in [1.807, 2.05) is 0 Å². The van der Waals surface area contributed by atoms with Gasteiger partial charge in [0.2, 0.25) is 11.8 Å². The van der Waals surface area contributed by atoms with E-state index in [4.69, 9.17) is 20.6 Å². The zero-order valence-corrected chi connectivity index (χ0v) is 20.4. The summed E-state index contributed by atoms with van der Waals surface area (Å²) in [4.78, 5) is 35.8. The maximum Gasteiger partial charge on any atom is 0.419 e. The first-order valence-corrected chi connectivity index (χ1v) is 11.4. The number of amidine groups is 1. The summed E-state index contributed by atoms with van der Waals surface area (Å²) in [6, 6.07) is 8.71. The largest absolute Gasteiger partial charge is 0.493 e. The van der Waals surface area contributed by atoms with E-state index in [9.17, 15) is 27.6 Å². The molecule has 0 fully saturated rings. The lowest BCUT2D eigenvalue weighted by molar-refractivity contribution is -0.143. The van der Waals surface area contributed by atoms with Gasteiger partial charge in [0, 0.05) is 17.7 Å². The Morgan fingerprint density at radius 2 is 1.76 bits per heavy atom. The Labute approximate surface area is 212 Å². The van der Waals surface area contributed by atoms with Crippen LogP contribution in [0.5, 0.6) is 5.75 Å². The third kappa shape index (κ3) is 9.47. The molecule has 2 aromatic rings. The van der Waals surface area contributed by atoms with E-state index in [0.29, 0.717) is 11.3 Å². The van der Waals surface area contributed by atoms with Gasteiger partial charge < -0.3 is 25.8 Å². The molecule has 0 heterocycles. The van der Waals surface area contributed by atoms with Crippen molar-refractivity contribution in [2.24, 2.45) is 5.73 Å². The monoisotopic (exact) mass is 522 g/mol. The second-order valence-corrected chi connectivity index (χ2v) is 8.02. The van der Waals surface area contributed by atoms with Gasteiger partial charge in [-0.05, 0) is 62.2 Å². The van der Waals surface area contributed by atoms with Crippen molar-refractivity contribution < 1.29 is 37.0 Å². The smallest absolute Gasteiger partial charge is 0.419 e. The Morgan fingerprint density at radius 1 is 1.08 bits per heavy atom. The Bertz CT molecular complexity index is 1120. The lowest BCUT2D eigenvalue weighted by atomic mass is 10.0. The van der Waals surface area contributed by atoms with E-state index in [1.165, 1.54) is 37.3 Å². The van der Waals surface area contributed by atoms with Gasteiger partial charge in [-0.2, -0.15) is 13.2 Å². The van der Waals surface area contributed by atoms with Crippen molar-refractivity contribution in [1.29, 1.82) is 5.41 Å². The van der Waals surface area contributed by atoms with Gasteiger partial charge >= 0.3 is 12.1 Å². The number of halogens is 3. The first-order valence-electron chi connectivity index (χ1n) is 11.4. The highest BCUT2D eigenvalue weighted by molar-refractivity contribution is 6.04. The summed E-state index contributed by atoms with van der Waals surface area (Å²) in [5.41, 5.74) is 5.38. The van der Waals surface area contributed by atoms with Crippen LogP contribution in [0.3, 0.4) is 0 Å². The Morgan fingerprint density at radius 3 is 2.35 bits per heavy atom. The number of amides is 2. The minimum Gasteiger partial charge on any atom is -0.493 e. The molecular weight excluding hydrogens is 493 g/mol. The van der Waals surface area contributed by atoms with Crippen LogP contribution in [0.1, 0.15) is 55.8 Å². The molecular formula is C25H29F3N4O5. The number of nitrogen functional groups attached to an aromatic ring is 1. The van der Waals surface area contributed by atoms with Crippen molar-refractivity contribution in [3.05, 3.63) is 59.2 Å². The topological polar surface area (TPSA) is 144 Å². The number of nitrogens with two attached hydrogens (primary N) is 1. The molecule has 9 nitrogen and oxygen atoms in total. The minimum absolute atomic E-state index is 0.0215. The van der Waals surface area contributed by atoms with E-state index in [2.05, 4.69) is 10.6 Å². The molecule has 0 bridgehead atoms. The summed E-state index contributed by atoms with van der Waals surface area (Å²) in [5, 5.41) is 12.4. The maximum atomic E-state index is 13.6. The second kappa shape index (κ2) is 13.3. The number of hydrogen-bond acceptors (Lipinski definition) is 6. The molecule has 2 amide bonds. The van der Waals surface area contributed by atoms with Crippen molar-refractivity contribution in [3.63, 3.8) is 0 Å². The van der Waals surface area contributed by atoms with Crippen LogP contribution in [0, 0.1) is 5.41 Å². The van der Waals surface area contributed by atoms with Crippen LogP contribution in [-0.2, 0) is 25.3 Å². The highest BCUT2D eigenvalue weighted by atomic mass is 19.4. The molecule has 0 saturated carbocycles. The number of hydrogen-bond donors (Lipinski definition) is 4. The molecule has 0 aliphatic heterocycles. The van der Waals surface area contributed by atoms with Crippen LogP contribution < -0.4 is 21.1 Å². The number of esters is 1. The molecule has 5 N–H and O–H groups in total. The van der Waals surface area contributed by atoms with E-state index in [0.717, 1.165) is 12.1 Å². The maximum absolute atomic E-state index is 13.6. The van der Waals surface area contributed by atoms with E-state index < -0.39 is 47.7 Å². The Hall–Kier alpha value is -4.09. The molecule has 0 aromatic heterocycles. The first kappa shape index (κ1) is 29.1. The van der Waals surface area contributed by atoms with Crippen molar-refractivity contribution in [2.75, 3.05) is 18.5 Å². The summed E-state index contributed by atoms with van der Waals surface area (Å²) < 4.78 is 50.9. The van der Waals surface area contributed by atoms with Gasteiger partial charge in [0.15, 0.2) is 0 Å². The molecule has 1 atom stereocenters. The summed E-state index contributed by atoms with van der Waals surface area (Å²) in [6.45, 7) is 3.25. The molecule has 2 rings (SSSR count). The van der Waals surface area contributed by atoms with Crippen molar-refractivity contribution in [2.45, 2.75) is 45.3 Å². The lowest BCUT2D eigenvalue weighted by Gasteiger charge is -2.19. The van der Waals surface area contributed by atoms with Gasteiger partial charge in [-0.15, -0.1) is 0 Å². The van der Waals surface area contributed by atoms with Crippen LogP contribution in [0.2, 0.25) is 0 Å². The first-order chi connectivity index (χ1) is 17.4. The molecule has 37 heavy (non-hydrogen) atoms. The van der Waals surface area contributed by atoms with Crippen molar-refractivity contribution in [1.82, 2.24) is 5.32 Å². The fourth-order valence-electron chi connectivity index (χ4n) is 3.26. The van der Waals surface area contributed by atoms with Gasteiger partial charge in [-0.25, -0.2) is 0 Å². The van der Waals surface area contributed by atoms with Gasteiger partial charge in [-0.3, -0.25) is 19.8 Å². The summed E-state index contributed by atoms with van der Waals surface area (Å²) in [5.74, 6) is -2.29. The average Bonchev–Trinajstić information content (AvgIpc) is 2.81. The van der Waals surface area contributed by atoms with Crippen molar-refractivity contribution >= 4 is 29.3 Å². The van der Waals surface area contributed by atoms with Gasteiger partial charge in [0.1, 0.15) is 18.0 Å². The molecule has 200 valence electrons. The molecule has 0 aliphatic rings. The molecule has 0 spiro atoms. The average molecular weight is 523 g/mol. The second-order valence-electron chi connectivity index (χ2n) is 8.02. The molecule has 12 heteroatoms. The fourth-order valence-corrected chi connectivity index (χ4v) is 3.26. The normalized spacial score (nSPS) is 11.8. The minimum atomic E-state index is -4.71. The number of ether oxygens (including phenoxy) is 2. The molecule has 0 aliphatic carbocycles. The molecule has 1 unspecified atom stereocenters. The zero-order chi connectivity index (χ0) is 27.6. The Balaban J connectivity index is 1.96. The van der Waals surface area contributed by atoms with E-state index in [-0.39, 0.29) is 37.5 Å². The Kier molecular flexibility index (Phi) is 10.5. The van der Waals surface area contributed by atoms with Crippen LogP contribution in [0.4, 0.5) is 18.9 Å².